The van der Waals surface area contributed by atoms with E-state index in [0.29, 0.717) is 13.0 Å². The Hall–Kier alpha value is -0.860. The van der Waals surface area contributed by atoms with Crippen LogP contribution in [0, 0.1) is 11.8 Å². The van der Waals surface area contributed by atoms with Crippen molar-refractivity contribution in [1.29, 1.82) is 0 Å². The Balaban J connectivity index is 2.39. The monoisotopic (exact) mass is 156 g/mol. The van der Waals surface area contributed by atoms with E-state index in [-0.39, 0.29) is 23.6 Å². The molecule has 1 saturated carbocycles. The second kappa shape index (κ2) is 3.03. The molecule has 11 heavy (non-hydrogen) atoms. The Morgan fingerprint density at radius 1 is 1.73 bits per heavy atom. The van der Waals surface area contributed by atoms with E-state index >= 15 is 0 Å². The summed E-state index contributed by atoms with van der Waals surface area (Å²) < 4.78 is 4.77. The summed E-state index contributed by atoms with van der Waals surface area (Å²) in [4.78, 5) is 21.7. The summed E-state index contributed by atoms with van der Waals surface area (Å²) in [5.41, 5.74) is 0. The first-order valence-electron chi connectivity index (χ1n) is 3.86. The highest BCUT2D eigenvalue weighted by atomic mass is 16.5. The molecule has 0 bridgehead atoms. The molecule has 62 valence electrons. The number of carbonyl (C=O) groups excluding carboxylic acids is 2. The van der Waals surface area contributed by atoms with Gasteiger partial charge in [0.1, 0.15) is 5.78 Å². The largest absolute Gasteiger partial charge is 0.466 e. The molecule has 0 amide bonds. The second-order valence-corrected chi connectivity index (χ2v) is 2.82. The zero-order chi connectivity index (χ0) is 8.43. The van der Waals surface area contributed by atoms with Gasteiger partial charge in [-0.25, -0.2) is 0 Å². The molecule has 2 unspecified atom stereocenters. The number of hydrogen-bond acceptors (Lipinski definition) is 3. The Morgan fingerprint density at radius 2 is 2.36 bits per heavy atom. The summed E-state index contributed by atoms with van der Waals surface area (Å²) in [6.45, 7) is 3.94. The lowest BCUT2D eigenvalue weighted by molar-refractivity contribution is -0.159. The van der Waals surface area contributed by atoms with Gasteiger partial charge in [0.25, 0.3) is 0 Å². The van der Waals surface area contributed by atoms with Crippen molar-refractivity contribution in [3.63, 3.8) is 0 Å². The predicted octanol–water partition coefficient (Wildman–Crippen LogP) is 0.775. The van der Waals surface area contributed by atoms with Gasteiger partial charge in [-0.3, -0.25) is 9.59 Å². The average Bonchev–Trinajstić information content (AvgIpc) is 1.99. The van der Waals surface area contributed by atoms with E-state index in [1.807, 2.05) is 0 Å². The van der Waals surface area contributed by atoms with Crippen molar-refractivity contribution >= 4 is 11.8 Å². The van der Waals surface area contributed by atoms with Gasteiger partial charge in [-0.15, -0.1) is 0 Å². The molecule has 0 saturated heterocycles. The van der Waals surface area contributed by atoms with Crippen LogP contribution in [0.1, 0.15) is 20.3 Å². The van der Waals surface area contributed by atoms with E-state index in [0.717, 1.165) is 0 Å². The van der Waals surface area contributed by atoms with Crippen LogP contribution in [0.4, 0.5) is 0 Å². The van der Waals surface area contributed by atoms with Crippen LogP contribution >= 0.6 is 0 Å². The first kappa shape index (κ1) is 8.24. The van der Waals surface area contributed by atoms with Crippen molar-refractivity contribution in [2.75, 3.05) is 6.61 Å². The summed E-state index contributed by atoms with van der Waals surface area (Å²) in [6, 6.07) is 0. The van der Waals surface area contributed by atoms with Crippen LogP contribution in [0.5, 0.6) is 0 Å². The van der Waals surface area contributed by atoms with Crippen molar-refractivity contribution in [1.82, 2.24) is 0 Å². The molecule has 1 aliphatic rings. The molecule has 0 N–H and O–H groups in total. The quantitative estimate of drug-likeness (QED) is 0.555. The fourth-order valence-corrected chi connectivity index (χ4v) is 1.18. The Kier molecular flexibility index (Phi) is 2.27. The summed E-state index contributed by atoms with van der Waals surface area (Å²) in [5.74, 6) is -0.334. The molecule has 0 heterocycles. The van der Waals surface area contributed by atoms with Gasteiger partial charge in [0, 0.05) is 12.3 Å². The normalized spacial score (nSPS) is 29.5. The van der Waals surface area contributed by atoms with Crippen LogP contribution in [0.3, 0.4) is 0 Å². The first-order valence-corrected chi connectivity index (χ1v) is 3.86. The van der Waals surface area contributed by atoms with E-state index < -0.39 is 0 Å². The van der Waals surface area contributed by atoms with Crippen molar-refractivity contribution in [2.45, 2.75) is 20.3 Å². The number of hydrogen-bond donors (Lipinski definition) is 0. The lowest BCUT2D eigenvalue weighted by atomic mass is 9.74. The number of carbonyl (C=O) groups is 2. The van der Waals surface area contributed by atoms with Gasteiger partial charge in [-0.2, -0.15) is 0 Å². The highest BCUT2D eigenvalue weighted by Gasteiger charge is 2.41. The summed E-state index contributed by atoms with van der Waals surface area (Å²) in [6.07, 6.45) is 0.375. The topological polar surface area (TPSA) is 43.4 Å². The molecule has 0 spiro atoms. The number of rotatable bonds is 2. The average molecular weight is 156 g/mol. The smallest absolute Gasteiger partial charge is 0.310 e. The molecule has 0 aromatic carbocycles. The molecule has 3 nitrogen and oxygen atoms in total. The predicted molar refractivity (Wildman–Crippen MR) is 38.9 cm³/mol. The van der Waals surface area contributed by atoms with Crippen molar-refractivity contribution in [3.8, 4) is 0 Å². The molecule has 3 heteroatoms. The molecule has 0 aromatic rings. The number of ether oxygens (including phenoxy) is 1. The van der Waals surface area contributed by atoms with Gasteiger partial charge in [-0.05, 0) is 6.92 Å². The Bertz CT molecular complexity index is 186. The molecular weight excluding hydrogens is 144 g/mol. The van der Waals surface area contributed by atoms with Crippen LogP contribution in [0.2, 0.25) is 0 Å². The lowest BCUT2D eigenvalue weighted by Gasteiger charge is -2.29. The third kappa shape index (κ3) is 1.42. The van der Waals surface area contributed by atoms with Gasteiger partial charge in [0.05, 0.1) is 12.5 Å². The summed E-state index contributed by atoms with van der Waals surface area (Å²) in [5, 5.41) is 0. The molecule has 1 aliphatic carbocycles. The highest BCUT2D eigenvalue weighted by Crippen LogP contribution is 2.30. The van der Waals surface area contributed by atoms with E-state index in [9.17, 15) is 9.59 Å². The third-order valence-electron chi connectivity index (χ3n) is 2.12. The Morgan fingerprint density at radius 3 is 2.73 bits per heavy atom. The number of ketones is 1. The van der Waals surface area contributed by atoms with Crippen LogP contribution in [-0.4, -0.2) is 18.4 Å². The molecule has 1 fully saturated rings. The third-order valence-corrected chi connectivity index (χ3v) is 2.12. The van der Waals surface area contributed by atoms with E-state index in [1.165, 1.54) is 0 Å². The van der Waals surface area contributed by atoms with E-state index in [2.05, 4.69) is 0 Å². The minimum Gasteiger partial charge on any atom is -0.466 e. The zero-order valence-electron chi connectivity index (χ0n) is 6.79. The first-order chi connectivity index (χ1) is 5.16. The fraction of sp³-hybridized carbons (Fsp3) is 0.750. The van der Waals surface area contributed by atoms with Gasteiger partial charge in [0.2, 0.25) is 0 Å². The fourth-order valence-electron chi connectivity index (χ4n) is 1.18. The van der Waals surface area contributed by atoms with Crippen molar-refractivity contribution in [3.05, 3.63) is 0 Å². The number of Topliss-reactive ketones (excluding diaryl/α,β-unsaturated/α-hetero) is 1. The molecule has 0 aromatic heterocycles. The maximum atomic E-state index is 11.0. The van der Waals surface area contributed by atoms with Gasteiger partial charge in [-0.1, -0.05) is 6.92 Å². The lowest BCUT2D eigenvalue weighted by Crippen LogP contribution is -2.41. The molecule has 2 atom stereocenters. The van der Waals surface area contributed by atoms with Crippen LogP contribution < -0.4 is 0 Å². The van der Waals surface area contributed by atoms with Crippen LogP contribution in [-0.2, 0) is 14.3 Å². The molecule has 0 radical (unpaired) electrons. The van der Waals surface area contributed by atoms with E-state index in [4.69, 9.17) is 4.74 Å². The SMILES string of the molecule is CCOC(=O)C1CC(=O)C1C. The maximum absolute atomic E-state index is 11.0. The van der Waals surface area contributed by atoms with Crippen molar-refractivity contribution in [2.24, 2.45) is 11.8 Å². The summed E-state index contributed by atoms with van der Waals surface area (Å²) >= 11 is 0. The molecule has 1 rings (SSSR count). The summed E-state index contributed by atoms with van der Waals surface area (Å²) in [7, 11) is 0. The zero-order valence-corrected chi connectivity index (χ0v) is 6.79. The number of esters is 1. The second-order valence-electron chi connectivity index (χ2n) is 2.82. The standard InChI is InChI=1S/C8H12O3/c1-3-11-8(10)6-4-7(9)5(6)2/h5-6H,3-4H2,1-2H3. The molecule has 0 aliphatic heterocycles. The van der Waals surface area contributed by atoms with E-state index in [1.54, 1.807) is 13.8 Å². The minimum absolute atomic E-state index is 0.117. The Labute approximate surface area is 65.7 Å². The van der Waals surface area contributed by atoms with Gasteiger partial charge >= 0.3 is 5.97 Å². The van der Waals surface area contributed by atoms with Gasteiger partial charge < -0.3 is 4.74 Å². The van der Waals surface area contributed by atoms with Crippen molar-refractivity contribution < 1.29 is 14.3 Å². The van der Waals surface area contributed by atoms with Gasteiger partial charge in [0.15, 0.2) is 0 Å². The highest BCUT2D eigenvalue weighted by molar-refractivity contribution is 5.96. The maximum Gasteiger partial charge on any atom is 0.310 e. The molecular formula is C8H12O3. The van der Waals surface area contributed by atoms with Crippen LogP contribution in [0.15, 0.2) is 0 Å². The minimum atomic E-state index is -0.223. The van der Waals surface area contributed by atoms with Crippen LogP contribution in [0.25, 0.3) is 0 Å².